The van der Waals surface area contributed by atoms with E-state index in [9.17, 15) is 0 Å². The third kappa shape index (κ3) is 5.72. The summed E-state index contributed by atoms with van der Waals surface area (Å²) in [6.07, 6.45) is 0. The van der Waals surface area contributed by atoms with Gasteiger partial charge in [0.05, 0.1) is 0 Å². The van der Waals surface area contributed by atoms with Crippen LogP contribution in [-0.4, -0.2) is 0 Å². The van der Waals surface area contributed by atoms with E-state index in [1.807, 2.05) is 0 Å². The molecule has 0 aromatic heterocycles. The van der Waals surface area contributed by atoms with Crippen molar-refractivity contribution in [2.24, 2.45) is 0 Å². The summed E-state index contributed by atoms with van der Waals surface area (Å²) < 4.78 is 0. The highest BCUT2D eigenvalue weighted by atomic mass is 14.6. The Kier molecular flexibility index (Phi) is 8.39. The SMILES string of the molecule is Cc1ccc(-c2cc3cc4ccccc4c(-c4c5ccccc5c(N)c5ccc(-c6ccc(C)cc6)c(-c6ccc(C)cc6)c45)c3c(N)c2-c2ccc(C)cc2)cc1. The van der Waals surface area contributed by atoms with Crippen LogP contribution in [0.5, 0.6) is 0 Å². The van der Waals surface area contributed by atoms with Gasteiger partial charge < -0.3 is 11.5 Å². The minimum absolute atomic E-state index is 0.762. The van der Waals surface area contributed by atoms with Crippen LogP contribution >= 0.6 is 0 Å². The summed E-state index contributed by atoms with van der Waals surface area (Å²) in [4.78, 5) is 0. The van der Waals surface area contributed by atoms with Crippen molar-refractivity contribution in [3.63, 3.8) is 0 Å². The van der Waals surface area contributed by atoms with Crippen molar-refractivity contribution in [2.75, 3.05) is 11.5 Å². The Morgan fingerprint density at radius 3 is 1.34 bits per heavy atom. The van der Waals surface area contributed by atoms with Crippen molar-refractivity contribution in [2.45, 2.75) is 27.7 Å². The lowest BCUT2D eigenvalue weighted by atomic mass is 9.79. The summed E-state index contributed by atoms with van der Waals surface area (Å²) >= 11 is 0. The van der Waals surface area contributed by atoms with Gasteiger partial charge in [-0.3, -0.25) is 0 Å². The second-order valence-corrected chi connectivity index (χ2v) is 16.0. The quantitative estimate of drug-likeness (QED) is 0.136. The van der Waals surface area contributed by atoms with Gasteiger partial charge in [-0.25, -0.2) is 0 Å². The van der Waals surface area contributed by atoms with Gasteiger partial charge in [-0.1, -0.05) is 180 Å². The molecule has 10 aromatic carbocycles. The number of aryl methyl sites for hydroxylation is 4. The Labute approximate surface area is 340 Å². The van der Waals surface area contributed by atoms with Crippen molar-refractivity contribution in [3.05, 3.63) is 192 Å². The largest absolute Gasteiger partial charge is 0.398 e. The molecular formula is C56H44N2. The van der Waals surface area contributed by atoms with Crippen LogP contribution in [0.2, 0.25) is 0 Å². The predicted octanol–water partition coefficient (Wildman–Crippen LogP) is 15.0. The molecule has 10 rings (SSSR count). The molecule has 4 N–H and O–H groups in total. The van der Waals surface area contributed by atoms with E-state index in [1.54, 1.807) is 0 Å². The molecule has 0 spiro atoms. The molecule has 0 unspecified atom stereocenters. The van der Waals surface area contributed by atoms with Gasteiger partial charge in [0.1, 0.15) is 0 Å². The zero-order valence-electron chi connectivity index (χ0n) is 33.3. The average molecular weight is 745 g/mol. The third-order valence-corrected chi connectivity index (χ3v) is 12.1. The van der Waals surface area contributed by atoms with E-state index in [-0.39, 0.29) is 0 Å². The number of benzene rings is 10. The molecule has 2 nitrogen and oxygen atoms in total. The van der Waals surface area contributed by atoms with Crippen LogP contribution in [0.25, 0.3) is 98.7 Å². The summed E-state index contributed by atoms with van der Waals surface area (Å²) in [6, 6.07) is 62.0. The molecule has 0 saturated carbocycles. The fraction of sp³-hybridized carbons (Fsp3) is 0.0714. The summed E-state index contributed by atoms with van der Waals surface area (Å²) in [7, 11) is 0. The molecule has 0 aliphatic carbocycles. The van der Waals surface area contributed by atoms with Gasteiger partial charge in [0.15, 0.2) is 0 Å². The van der Waals surface area contributed by atoms with E-state index in [4.69, 9.17) is 11.5 Å². The maximum absolute atomic E-state index is 7.78. The first kappa shape index (κ1) is 35.3. The van der Waals surface area contributed by atoms with Crippen molar-refractivity contribution < 1.29 is 0 Å². The monoisotopic (exact) mass is 744 g/mol. The second-order valence-electron chi connectivity index (χ2n) is 16.0. The molecule has 58 heavy (non-hydrogen) atoms. The van der Waals surface area contributed by atoms with Gasteiger partial charge in [-0.15, -0.1) is 0 Å². The van der Waals surface area contributed by atoms with Crippen LogP contribution in [0.15, 0.2) is 170 Å². The smallest absolute Gasteiger partial charge is 0.0486 e. The van der Waals surface area contributed by atoms with Crippen molar-refractivity contribution in [1.82, 2.24) is 0 Å². The van der Waals surface area contributed by atoms with Crippen LogP contribution in [0, 0.1) is 27.7 Å². The molecule has 2 heteroatoms. The highest BCUT2D eigenvalue weighted by Crippen LogP contribution is 2.53. The summed E-state index contributed by atoms with van der Waals surface area (Å²) in [6.45, 7) is 8.55. The number of hydrogen-bond acceptors (Lipinski definition) is 2. The van der Waals surface area contributed by atoms with Gasteiger partial charge >= 0.3 is 0 Å². The van der Waals surface area contributed by atoms with Crippen LogP contribution in [0.4, 0.5) is 11.4 Å². The normalized spacial score (nSPS) is 11.6. The lowest BCUT2D eigenvalue weighted by Crippen LogP contribution is -2.01. The number of rotatable bonds is 5. The fourth-order valence-corrected chi connectivity index (χ4v) is 9.08. The number of hydrogen-bond donors (Lipinski definition) is 2. The van der Waals surface area contributed by atoms with Crippen molar-refractivity contribution in [1.29, 1.82) is 0 Å². The topological polar surface area (TPSA) is 52.0 Å². The summed E-state index contributed by atoms with van der Waals surface area (Å²) in [5, 5.41) is 8.70. The molecule has 278 valence electrons. The maximum atomic E-state index is 7.78. The first-order valence-electron chi connectivity index (χ1n) is 20.1. The number of anilines is 2. The first-order chi connectivity index (χ1) is 28.2. The number of nitrogens with two attached hydrogens (primary N) is 2. The minimum atomic E-state index is 0.762. The van der Waals surface area contributed by atoms with Crippen molar-refractivity contribution >= 4 is 54.5 Å². The van der Waals surface area contributed by atoms with E-state index < -0.39 is 0 Å². The molecular weight excluding hydrogens is 701 g/mol. The average Bonchev–Trinajstić information content (AvgIpc) is 3.24. The van der Waals surface area contributed by atoms with Gasteiger partial charge in [0, 0.05) is 44.0 Å². The van der Waals surface area contributed by atoms with Crippen LogP contribution in [0.1, 0.15) is 22.3 Å². The lowest BCUT2D eigenvalue weighted by Gasteiger charge is -2.25. The maximum Gasteiger partial charge on any atom is 0.0486 e. The molecule has 0 fully saturated rings. The molecule has 0 bridgehead atoms. The standard InChI is InChI=1S/C56H44N2/c1-33-13-21-37(22-14-33)44-29-30-47-54(49(44)39-25-17-35(3)18-26-39)53(45-11-7-8-12-46(45)55(47)57)52-43-10-6-5-9-41(43)31-42-32-48(38-23-15-34(2)16-24-38)50(56(58)51(42)52)40-27-19-36(4)20-28-40/h5-32H,57-58H2,1-4H3. The summed E-state index contributed by atoms with van der Waals surface area (Å²) in [5.74, 6) is 0. The second kappa shape index (κ2) is 13.8. The summed E-state index contributed by atoms with van der Waals surface area (Å²) in [5.41, 5.74) is 32.8. The molecule has 0 radical (unpaired) electrons. The Morgan fingerprint density at radius 2 is 0.759 bits per heavy atom. The molecule has 0 saturated heterocycles. The van der Waals surface area contributed by atoms with Crippen molar-refractivity contribution in [3.8, 4) is 55.6 Å². The molecule has 0 aliphatic heterocycles. The fourth-order valence-electron chi connectivity index (χ4n) is 9.08. The van der Waals surface area contributed by atoms with E-state index in [2.05, 4.69) is 198 Å². The lowest BCUT2D eigenvalue weighted by molar-refractivity contribution is 1.46. The van der Waals surface area contributed by atoms with Crippen LogP contribution in [-0.2, 0) is 0 Å². The zero-order valence-corrected chi connectivity index (χ0v) is 33.3. The number of fused-ring (bicyclic) bond motifs is 4. The van der Waals surface area contributed by atoms with Crippen LogP contribution in [0.3, 0.4) is 0 Å². The Bertz CT molecular complexity index is 3230. The Hall–Kier alpha value is -7.16. The van der Waals surface area contributed by atoms with Gasteiger partial charge in [-0.05, 0) is 106 Å². The highest BCUT2D eigenvalue weighted by Gasteiger charge is 2.26. The molecule has 0 aliphatic rings. The van der Waals surface area contributed by atoms with Crippen LogP contribution < -0.4 is 11.5 Å². The first-order valence-corrected chi connectivity index (χ1v) is 20.1. The minimum Gasteiger partial charge on any atom is -0.398 e. The van der Waals surface area contributed by atoms with E-state index in [0.717, 1.165) is 110 Å². The predicted molar refractivity (Wildman–Crippen MR) is 251 cm³/mol. The molecule has 0 heterocycles. The van der Waals surface area contributed by atoms with E-state index >= 15 is 0 Å². The zero-order chi connectivity index (χ0) is 39.7. The highest BCUT2D eigenvalue weighted by molar-refractivity contribution is 6.32. The molecule has 0 amide bonds. The van der Waals surface area contributed by atoms with E-state index in [0.29, 0.717) is 0 Å². The molecule has 0 atom stereocenters. The molecule has 10 aromatic rings. The number of nitrogen functional groups attached to an aromatic ring is 2. The van der Waals surface area contributed by atoms with Gasteiger partial charge in [0.25, 0.3) is 0 Å². The van der Waals surface area contributed by atoms with Gasteiger partial charge in [0.2, 0.25) is 0 Å². The Morgan fingerprint density at radius 1 is 0.293 bits per heavy atom. The van der Waals surface area contributed by atoms with Gasteiger partial charge in [-0.2, -0.15) is 0 Å². The third-order valence-electron chi connectivity index (χ3n) is 12.1. The Balaban J connectivity index is 1.46. The van der Waals surface area contributed by atoms with E-state index in [1.165, 1.54) is 22.3 Å².